The first-order chi connectivity index (χ1) is 15.4. The van der Waals surface area contributed by atoms with Gasteiger partial charge in [-0.3, -0.25) is 9.80 Å². The Morgan fingerprint density at radius 3 is 2.34 bits per heavy atom. The summed E-state index contributed by atoms with van der Waals surface area (Å²) in [6.45, 7) is 1.87. The van der Waals surface area contributed by atoms with Gasteiger partial charge in [-0.15, -0.1) is 4.41 Å². The van der Waals surface area contributed by atoms with E-state index in [1.165, 1.54) is 29.3 Å². The molecule has 32 heavy (non-hydrogen) atoms. The molecule has 0 bridgehead atoms. The molecule has 0 N–H and O–H groups in total. The zero-order chi connectivity index (χ0) is 22.5. The normalized spacial score (nSPS) is 20.1. The SMILES string of the molecule is Cc1ccc(S(=O)(=O)N2C(=O)C[C@H](c3ccc(F)cc3)[C@@H]3c4ccccc4C=CN32)cc1. The lowest BCUT2D eigenvalue weighted by Crippen LogP contribution is -2.55. The van der Waals surface area contributed by atoms with E-state index in [9.17, 15) is 17.6 Å². The summed E-state index contributed by atoms with van der Waals surface area (Å²) in [6.07, 6.45) is 3.44. The Bertz CT molecular complexity index is 1320. The standard InChI is InChI=1S/C25H21FN2O3S/c1-17-6-12-21(13-7-17)32(30,31)28-24(29)16-23(19-8-10-20(26)11-9-19)25-22-5-3-2-4-18(22)14-15-27(25)28/h2-15,23,25H,16H2,1H3/t23-,25+/m1/s1. The van der Waals surface area contributed by atoms with Crippen molar-refractivity contribution in [3.05, 3.63) is 107 Å². The zero-order valence-electron chi connectivity index (χ0n) is 17.4. The molecule has 2 aliphatic rings. The molecule has 7 heteroatoms. The van der Waals surface area contributed by atoms with Gasteiger partial charge in [-0.2, -0.15) is 8.42 Å². The minimum atomic E-state index is -4.11. The number of carbonyl (C=O) groups is 1. The van der Waals surface area contributed by atoms with Crippen molar-refractivity contribution in [3.8, 4) is 0 Å². The summed E-state index contributed by atoms with van der Waals surface area (Å²) in [7, 11) is -4.11. The lowest BCUT2D eigenvalue weighted by Gasteiger charge is -2.48. The molecule has 3 aromatic rings. The summed E-state index contributed by atoms with van der Waals surface area (Å²) in [5.74, 6) is -1.22. The molecule has 0 aliphatic carbocycles. The maximum Gasteiger partial charge on any atom is 0.284 e. The van der Waals surface area contributed by atoms with Gasteiger partial charge in [-0.05, 0) is 54.0 Å². The number of hydrazine groups is 1. The average molecular weight is 449 g/mol. The summed E-state index contributed by atoms with van der Waals surface area (Å²) in [4.78, 5) is 13.4. The molecule has 0 spiro atoms. The quantitative estimate of drug-likeness (QED) is 0.579. The van der Waals surface area contributed by atoms with E-state index in [1.807, 2.05) is 37.3 Å². The highest BCUT2D eigenvalue weighted by molar-refractivity contribution is 7.89. The van der Waals surface area contributed by atoms with E-state index >= 15 is 0 Å². The van der Waals surface area contributed by atoms with Gasteiger partial charge < -0.3 is 0 Å². The van der Waals surface area contributed by atoms with E-state index in [0.717, 1.165) is 26.7 Å². The van der Waals surface area contributed by atoms with Crippen molar-refractivity contribution >= 4 is 22.0 Å². The lowest BCUT2D eigenvalue weighted by molar-refractivity contribution is -0.144. The number of hydrogen-bond acceptors (Lipinski definition) is 4. The van der Waals surface area contributed by atoms with Crippen molar-refractivity contribution < 1.29 is 17.6 Å². The summed E-state index contributed by atoms with van der Waals surface area (Å²) < 4.78 is 41.5. The number of halogens is 1. The van der Waals surface area contributed by atoms with Crippen molar-refractivity contribution in [3.63, 3.8) is 0 Å². The lowest BCUT2D eigenvalue weighted by atomic mass is 9.80. The molecular weight excluding hydrogens is 427 g/mol. The zero-order valence-corrected chi connectivity index (χ0v) is 18.2. The fourth-order valence-electron chi connectivity index (χ4n) is 4.48. The minimum Gasteiger partial charge on any atom is -0.272 e. The third kappa shape index (κ3) is 3.29. The molecule has 162 valence electrons. The van der Waals surface area contributed by atoms with Gasteiger partial charge in [0.1, 0.15) is 5.82 Å². The first-order valence-corrected chi connectivity index (χ1v) is 11.8. The van der Waals surface area contributed by atoms with Crippen LogP contribution in [0.5, 0.6) is 0 Å². The van der Waals surface area contributed by atoms with E-state index in [1.54, 1.807) is 30.5 Å². The van der Waals surface area contributed by atoms with E-state index in [4.69, 9.17) is 0 Å². The molecular formula is C25H21FN2O3S. The molecule has 5 nitrogen and oxygen atoms in total. The fraction of sp³-hybridized carbons (Fsp3) is 0.160. The van der Waals surface area contributed by atoms with E-state index < -0.39 is 22.0 Å². The van der Waals surface area contributed by atoms with Crippen molar-refractivity contribution in [1.82, 2.24) is 9.42 Å². The van der Waals surface area contributed by atoms with Crippen LogP contribution in [0.4, 0.5) is 4.39 Å². The van der Waals surface area contributed by atoms with Gasteiger partial charge in [0.15, 0.2) is 0 Å². The maximum absolute atomic E-state index is 13.6. The number of rotatable bonds is 3. The Balaban J connectivity index is 1.65. The second kappa shape index (κ2) is 7.60. The van der Waals surface area contributed by atoms with Crippen LogP contribution in [-0.2, 0) is 14.8 Å². The predicted octanol–water partition coefficient (Wildman–Crippen LogP) is 4.78. The van der Waals surface area contributed by atoms with Gasteiger partial charge in [0.05, 0.1) is 10.9 Å². The Morgan fingerprint density at radius 1 is 0.938 bits per heavy atom. The largest absolute Gasteiger partial charge is 0.284 e. The van der Waals surface area contributed by atoms with Gasteiger partial charge in [0.2, 0.25) is 0 Å². The number of aryl methyl sites for hydroxylation is 1. The van der Waals surface area contributed by atoms with Crippen molar-refractivity contribution in [2.24, 2.45) is 0 Å². The number of hydrogen-bond donors (Lipinski definition) is 0. The molecule has 0 radical (unpaired) electrons. The van der Waals surface area contributed by atoms with E-state index in [-0.39, 0.29) is 23.1 Å². The van der Waals surface area contributed by atoms with Crippen LogP contribution in [0.3, 0.4) is 0 Å². The fourth-order valence-corrected chi connectivity index (χ4v) is 5.91. The van der Waals surface area contributed by atoms with Crippen LogP contribution in [-0.4, -0.2) is 23.7 Å². The monoisotopic (exact) mass is 448 g/mol. The van der Waals surface area contributed by atoms with Crippen molar-refractivity contribution in [2.45, 2.75) is 30.2 Å². The first-order valence-electron chi connectivity index (χ1n) is 10.3. The van der Waals surface area contributed by atoms with Gasteiger partial charge in [0, 0.05) is 18.5 Å². The topological polar surface area (TPSA) is 57.7 Å². The first kappa shape index (κ1) is 20.5. The molecule has 2 aliphatic heterocycles. The summed E-state index contributed by atoms with van der Waals surface area (Å²) >= 11 is 0. The van der Waals surface area contributed by atoms with Crippen molar-refractivity contribution in [1.29, 1.82) is 0 Å². The molecule has 1 amide bonds. The highest BCUT2D eigenvalue weighted by Crippen LogP contribution is 2.47. The van der Waals surface area contributed by atoms with Gasteiger partial charge in [0.25, 0.3) is 15.9 Å². The maximum atomic E-state index is 13.6. The summed E-state index contributed by atoms with van der Waals surface area (Å²) in [6, 6.07) is 19.8. The van der Waals surface area contributed by atoms with Crippen LogP contribution in [0.2, 0.25) is 0 Å². The van der Waals surface area contributed by atoms with E-state index in [0.29, 0.717) is 0 Å². The van der Waals surface area contributed by atoms with Crippen LogP contribution in [0.25, 0.3) is 6.08 Å². The second-order valence-corrected chi connectivity index (χ2v) is 9.85. The Morgan fingerprint density at radius 2 is 1.62 bits per heavy atom. The molecule has 0 aromatic heterocycles. The van der Waals surface area contributed by atoms with Gasteiger partial charge >= 0.3 is 0 Å². The number of sulfonamides is 1. The van der Waals surface area contributed by atoms with Crippen LogP contribution in [0, 0.1) is 12.7 Å². The number of fused-ring (bicyclic) bond motifs is 3. The number of benzene rings is 3. The minimum absolute atomic E-state index is 0.0138. The van der Waals surface area contributed by atoms with Gasteiger partial charge in [-0.25, -0.2) is 4.39 Å². The summed E-state index contributed by atoms with van der Waals surface area (Å²) in [5, 5.41) is 1.51. The van der Waals surface area contributed by atoms with E-state index in [2.05, 4.69) is 0 Å². The van der Waals surface area contributed by atoms with Crippen LogP contribution in [0.1, 0.15) is 40.6 Å². The molecule has 1 saturated heterocycles. The van der Waals surface area contributed by atoms with Crippen LogP contribution < -0.4 is 0 Å². The number of nitrogens with zero attached hydrogens (tertiary/aromatic N) is 2. The van der Waals surface area contributed by atoms with Crippen LogP contribution >= 0.6 is 0 Å². The number of carbonyl (C=O) groups excluding carboxylic acids is 1. The van der Waals surface area contributed by atoms with Crippen molar-refractivity contribution in [2.75, 3.05) is 0 Å². The highest BCUT2D eigenvalue weighted by Gasteiger charge is 2.47. The Kier molecular flexibility index (Phi) is 4.86. The molecule has 0 saturated carbocycles. The third-order valence-corrected chi connectivity index (χ3v) is 7.77. The average Bonchev–Trinajstić information content (AvgIpc) is 2.79. The Hall–Kier alpha value is -3.45. The Labute approximate surface area is 186 Å². The summed E-state index contributed by atoms with van der Waals surface area (Å²) in [5.41, 5.74) is 3.59. The molecule has 2 heterocycles. The highest BCUT2D eigenvalue weighted by atomic mass is 32.2. The second-order valence-electron chi connectivity index (χ2n) is 8.09. The molecule has 0 unspecified atom stereocenters. The third-order valence-electron chi connectivity index (χ3n) is 6.05. The molecule has 2 atom stereocenters. The molecule has 5 rings (SSSR count). The van der Waals surface area contributed by atoms with Gasteiger partial charge in [-0.1, -0.05) is 54.1 Å². The van der Waals surface area contributed by atoms with Crippen LogP contribution in [0.15, 0.2) is 83.9 Å². The molecule has 3 aromatic carbocycles. The number of amides is 1. The molecule has 1 fully saturated rings. The smallest absolute Gasteiger partial charge is 0.272 e. The predicted molar refractivity (Wildman–Crippen MR) is 119 cm³/mol.